The first-order valence-electron chi connectivity index (χ1n) is 8.35. The topological polar surface area (TPSA) is 104 Å². The third kappa shape index (κ3) is 3.91. The van der Waals surface area contributed by atoms with E-state index in [9.17, 15) is 4.79 Å². The fourth-order valence-electron chi connectivity index (χ4n) is 2.60. The van der Waals surface area contributed by atoms with E-state index < -0.39 is 5.91 Å². The summed E-state index contributed by atoms with van der Waals surface area (Å²) in [7, 11) is 3.10. The van der Waals surface area contributed by atoms with Crippen LogP contribution in [0.5, 0.6) is 11.5 Å². The summed E-state index contributed by atoms with van der Waals surface area (Å²) in [6.07, 6.45) is 0. The van der Waals surface area contributed by atoms with Gasteiger partial charge in [0.15, 0.2) is 5.69 Å². The molecular formula is C18H21N5O4. The molecule has 142 valence electrons. The summed E-state index contributed by atoms with van der Waals surface area (Å²) < 4.78 is 17.8. The molecule has 0 radical (unpaired) electrons. The number of hydrogen-bond donors (Lipinski definition) is 1. The van der Waals surface area contributed by atoms with Crippen LogP contribution in [-0.4, -0.2) is 40.1 Å². The van der Waals surface area contributed by atoms with Crippen molar-refractivity contribution in [2.24, 2.45) is 0 Å². The van der Waals surface area contributed by atoms with Crippen LogP contribution in [0.2, 0.25) is 0 Å². The molecule has 0 aliphatic carbocycles. The van der Waals surface area contributed by atoms with Crippen molar-refractivity contribution in [2.75, 3.05) is 19.5 Å². The molecule has 0 fully saturated rings. The van der Waals surface area contributed by atoms with Gasteiger partial charge in [-0.05, 0) is 39.0 Å². The van der Waals surface area contributed by atoms with E-state index in [0.29, 0.717) is 17.1 Å². The summed E-state index contributed by atoms with van der Waals surface area (Å²) >= 11 is 0. The minimum Gasteiger partial charge on any atom is -0.497 e. The molecular weight excluding hydrogens is 350 g/mol. The van der Waals surface area contributed by atoms with Gasteiger partial charge in [0.25, 0.3) is 5.91 Å². The standard InChI is InChI=1S/C18H21N5O4/c1-10(2)23-11(3)6-15(22-23)16(24)19-18-21-20-17(27-18)12-7-13(25-4)9-14(8-12)26-5/h6-10H,1-5H3,(H,19,21,24). The van der Waals surface area contributed by atoms with Crippen molar-refractivity contribution in [1.82, 2.24) is 20.0 Å². The van der Waals surface area contributed by atoms with Gasteiger partial charge in [0.1, 0.15) is 11.5 Å². The van der Waals surface area contributed by atoms with Gasteiger partial charge in [-0.3, -0.25) is 14.8 Å². The van der Waals surface area contributed by atoms with Crippen LogP contribution in [0, 0.1) is 6.92 Å². The molecule has 3 aromatic rings. The van der Waals surface area contributed by atoms with E-state index >= 15 is 0 Å². The van der Waals surface area contributed by atoms with Crippen LogP contribution >= 0.6 is 0 Å². The number of carbonyl (C=O) groups excluding carboxylic acids is 1. The number of carbonyl (C=O) groups is 1. The first-order chi connectivity index (χ1) is 12.9. The van der Waals surface area contributed by atoms with Crippen LogP contribution < -0.4 is 14.8 Å². The molecule has 3 rings (SSSR count). The molecule has 0 unspecified atom stereocenters. The number of nitrogens with one attached hydrogen (secondary N) is 1. The number of benzene rings is 1. The molecule has 0 spiro atoms. The largest absolute Gasteiger partial charge is 0.497 e. The molecule has 0 aliphatic heterocycles. The van der Waals surface area contributed by atoms with E-state index in [1.165, 1.54) is 0 Å². The average Bonchev–Trinajstić information content (AvgIpc) is 3.28. The highest BCUT2D eigenvalue weighted by Crippen LogP contribution is 2.29. The van der Waals surface area contributed by atoms with Crippen LogP contribution in [0.1, 0.15) is 36.1 Å². The summed E-state index contributed by atoms with van der Waals surface area (Å²) in [6.45, 7) is 5.88. The predicted molar refractivity (Wildman–Crippen MR) is 98.1 cm³/mol. The van der Waals surface area contributed by atoms with Gasteiger partial charge in [0.05, 0.1) is 14.2 Å². The van der Waals surface area contributed by atoms with E-state index in [1.807, 2.05) is 20.8 Å². The molecule has 2 aromatic heterocycles. The molecule has 1 aromatic carbocycles. The van der Waals surface area contributed by atoms with Crippen LogP contribution in [0.25, 0.3) is 11.5 Å². The normalized spacial score (nSPS) is 10.9. The number of aromatic nitrogens is 4. The third-order valence-corrected chi connectivity index (χ3v) is 3.89. The van der Waals surface area contributed by atoms with Gasteiger partial charge in [-0.2, -0.15) is 5.10 Å². The molecule has 9 nitrogen and oxygen atoms in total. The van der Waals surface area contributed by atoms with Crippen molar-refractivity contribution in [3.8, 4) is 23.0 Å². The zero-order chi connectivity index (χ0) is 19.6. The molecule has 1 amide bonds. The lowest BCUT2D eigenvalue weighted by Crippen LogP contribution is -2.14. The molecule has 0 saturated heterocycles. The van der Waals surface area contributed by atoms with Gasteiger partial charge in [0.2, 0.25) is 5.89 Å². The van der Waals surface area contributed by atoms with E-state index in [4.69, 9.17) is 13.9 Å². The predicted octanol–water partition coefficient (Wildman–Crippen LogP) is 3.09. The quantitative estimate of drug-likeness (QED) is 0.710. The van der Waals surface area contributed by atoms with Crippen LogP contribution in [0.15, 0.2) is 28.7 Å². The number of aryl methyl sites for hydroxylation is 1. The summed E-state index contributed by atoms with van der Waals surface area (Å²) in [5.41, 5.74) is 1.79. The smallest absolute Gasteiger partial charge is 0.322 e. The van der Waals surface area contributed by atoms with E-state index in [-0.39, 0.29) is 23.6 Å². The zero-order valence-electron chi connectivity index (χ0n) is 15.8. The Kier molecular flexibility index (Phi) is 5.11. The summed E-state index contributed by atoms with van der Waals surface area (Å²) in [6, 6.07) is 7.04. The lowest BCUT2D eigenvalue weighted by Gasteiger charge is -2.06. The third-order valence-electron chi connectivity index (χ3n) is 3.89. The number of amides is 1. The van der Waals surface area contributed by atoms with Gasteiger partial charge in [-0.15, -0.1) is 5.10 Å². The Morgan fingerprint density at radius 3 is 2.33 bits per heavy atom. The Morgan fingerprint density at radius 1 is 1.11 bits per heavy atom. The second-order valence-electron chi connectivity index (χ2n) is 6.18. The molecule has 0 atom stereocenters. The van der Waals surface area contributed by atoms with Crippen molar-refractivity contribution in [3.63, 3.8) is 0 Å². The van der Waals surface area contributed by atoms with Crippen LogP contribution in [-0.2, 0) is 0 Å². The summed E-state index contributed by atoms with van der Waals surface area (Å²) in [4.78, 5) is 12.4. The highest BCUT2D eigenvalue weighted by Gasteiger charge is 2.18. The van der Waals surface area contributed by atoms with Crippen molar-refractivity contribution >= 4 is 11.9 Å². The molecule has 0 aliphatic rings. The Bertz CT molecular complexity index is 938. The molecule has 1 N–H and O–H groups in total. The minimum absolute atomic E-state index is 0.0199. The second-order valence-corrected chi connectivity index (χ2v) is 6.18. The number of rotatable bonds is 6. The van der Waals surface area contributed by atoms with E-state index in [0.717, 1.165) is 5.69 Å². The van der Waals surface area contributed by atoms with Crippen molar-refractivity contribution in [1.29, 1.82) is 0 Å². The SMILES string of the molecule is COc1cc(OC)cc(-c2nnc(NC(=O)c3cc(C)n(C(C)C)n3)o2)c1. The van der Waals surface area contributed by atoms with Gasteiger partial charge in [0, 0.05) is 23.4 Å². The van der Waals surface area contributed by atoms with E-state index in [1.54, 1.807) is 43.2 Å². The average molecular weight is 371 g/mol. The van der Waals surface area contributed by atoms with Gasteiger partial charge >= 0.3 is 6.01 Å². The molecule has 2 heterocycles. The minimum atomic E-state index is -0.420. The zero-order valence-corrected chi connectivity index (χ0v) is 15.8. The fraction of sp³-hybridized carbons (Fsp3) is 0.333. The Balaban J connectivity index is 1.80. The van der Waals surface area contributed by atoms with Crippen molar-refractivity contribution < 1.29 is 18.7 Å². The molecule has 0 bridgehead atoms. The highest BCUT2D eigenvalue weighted by molar-refractivity contribution is 6.01. The summed E-state index contributed by atoms with van der Waals surface area (Å²) in [5, 5.41) is 14.7. The number of hydrogen-bond acceptors (Lipinski definition) is 7. The van der Waals surface area contributed by atoms with Gasteiger partial charge in [-0.25, -0.2) is 0 Å². The Morgan fingerprint density at radius 2 is 1.78 bits per heavy atom. The molecule has 9 heteroatoms. The first-order valence-corrected chi connectivity index (χ1v) is 8.35. The number of nitrogens with zero attached hydrogens (tertiary/aromatic N) is 4. The lowest BCUT2D eigenvalue weighted by molar-refractivity contribution is 0.101. The van der Waals surface area contributed by atoms with Crippen molar-refractivity contribution in [3.05, 3.63) is 35.7 Å². The maximum Gasteiger partial charge on any atom is 0.322 e. The first kappa shape index (κ1) is 18.4. The number of anilines is 1. The summed E-state index contributed by atoms with van der Waals surface area (Å²) in [5.74, 6) is 0.980. The van der Waals surface area contributed by atoms with Gasteiger partial charge < -0.3 is 13.9 Å². The lowest BCUT2D eigenvalue weighted by atomic mass is 10.2. The Hall–Kier alpha value is -3.36. The monoisotopic (exact) mass is 371 g/mol. The van der Waals surface area contributed by atoms with E-state index in [2.05, 4.69) is 20.6 Å². The Labute approximate surface area is 156 Å². The second kappa shape index (κ2) is 7.48. The van der Waals surface area contributed by atoms with Crippen molar-refractivity contribution in [2.45, 2.75) is 26.8 Å². The highest BCUT2D eigenvalue weighted by atomic mass is 16.5. The van der Waals surface area contributed by atoms with Crippen LogP contribution in [0.4, 0.5) is 6.01 Å². The van der Waals surface area contributed by atoms with Gasteiger partial charge in [-0.1, -0.05) is 5.10 Å². The molecule has 27 heavy (non-hydrogen) atoms. The number of ether oxygens (including phenoxy) is 2. The van der Waals surface area contributed by atoms with Crippen LogP contribution in [0.3, 0.4) is 0 Å². The maximum absolute atomic E-state index is 12.4. The molecule has 0 saturated carbocycles. The maximum atomic E-state index is 12.4. The fourth-order valence-corrected chi connectivity index (χ4v) is 2.60. The number of methoxy groups -OCH3 is 2.